The number of nitrogens with one attached hydrogen (secondary N) is 1. The normalized spacial score (nSPS) is 14.9. The lowest BCUT2D eigenvalue weighted by Crippen LogP contribution is -2.17. The Morgan fingerprint density at radius 3 is 2.35 bits per heavy atom. The summed E-state index contributed by atoms with van der Waals surface area (Å²) in [5.74, 6) is 0.762. The zero-order chi connectivity index (χ0) is 16.3. The lowest BCUT2D eigenvalue weighted by atomic mass is 10.1. The van der Waals surface area contributed by atoms with Crippen LogP contribution in [0.25, 0.3) is 0 Å². The quantitative estimate of drug-likeness (QED) is 0.746. The van der Waals surface area contributed by atoms with Gasteiger partial charge in [-0.1, -0.05) is 42.5 Å². The number of halogens is 3. The van der Waals surface area contributed by atoms with E-state index in [2.05, 4.69) is 29.6 Å². The molecule has 0 unspecified atom stereocenters. The predicted octanol–water partition coefficient (Wildman–Crippen LogP) is 4.92. The van der Waals surface area contributed by atoms with E-state index in [4.69, 9.17) is 0 Å². The molecule has 122 valence electrons. The highest BCUT2D eigenvalue weighted by atomic mass is 19.4. The zero-order valence-corrected chi connectivity index (χ0v) is 12.9. The standard InChI is InChI=1S/C19H20F3N/c20-19(21,22)18-3-1-2-14(12-18)10-11-23-13-15-4-6-16(7-5-15)17-8-9-17/h1-7,12,17,23H,8-11,13H2. The minimum absolute atomic E-state index is 0.578. The van der Waals surface area contributed by atoms with Crippen molar-refractivity contribution >= 4 is 0 Å². The highest BCUT2D eigenvalue weighted by molar-refractivity contribution is 5.28. The van der Waals surface area contributed by atoms with Crippen LogP contribution >= 0.6 is 0 Å². The third-order valence-corrected chi connectivity index (χ3v) is 4.20. The fraction of sp³-hybridized carbons (Fsp3) is 0.368. The second kappa shape index (κ2) is 6.75. The maximum atomic E-state index is 12.7. The van der Waals surface area contributed by atoms with Gasteiger partial charge in [0.1, 0.15) is 0 Å². The van der Waals surface area contributed by atoms with E-state index in [1.54, 1.807) is 6.07 Å². The van der Waals surface area contributed by atoms with Crippen molar-refractivity contribution in [3.05, 3.63) is 70.8 Å². The van der Waals surface area contributed by atoms with Gasteiger partial charge in [-0.25, -0.2) is 0 Å². The number of alkyl halides is 3. The van der Waals surface area contributed by atoms with Crippen molar-refractivity contribution in [3.63, 3.8) is 0 Å². The highest BCUT2D eigenvalue weighted by Gasteiger charge is 2.30. The van der Waals surface area contributed by atoms with Crippen LogP contribution in [0.15, 0.2) is 48.5 Å². The summed E-state index contributed by atoms with van der Waals surface area (Å²) in [7, 11) is 0. The molecule has 0 amide bonds. The molecule has 1 aliphatic carbocycles. The van der Waals surface area contributed by atoms with Gasteiger partial charge in [0.25, 0.3) is 0 Å². The van der Waals surface area contributed by atoms with Crippen LogP contribution in [0.5, 0.6) is 0 Å². The van der Waals surface area contributed by atoms with Crippen LogP contribution < -0.4 is 5.32 Å². The van der Waals surface area contributed by atoms with E-state index in [-0.39, 0.29) is 0 Å². The molecule has 2 aromatic carbocycles. The van der Waals surface area contributed by atoms with Crippen molar-refractivity contribution in [1.82, 2.24) is 5.32 Å². The van der Waals surface area contributed by atoms with Crippen LogP contribution in [0.2, 0.25) is 0 Å². The Morgan fingerprint density at radius 2 is 1.70 bits per heavy atom. The lowest BCUT2D eigenvalue weighted by molar-refractivity contribution is -0.137. The Kier molecular flexibility index (Phi) is 4.71. The molecule has 1 saturated carbocycles. The lowest BCUT2D eigenvalue weighted by Gasteiger charge is -2.09. The molecule has 0 aliphatic heterocycles. The van der Waals surface area contributed by atoms with E-state index in [1.807, 2.05) is 0 Å². The van der Waals surface area contributed by atoms with Gasteiger partial charge in [-0.05, 0) is 54.5 Å². The molecule has 0 radical (unpaired) electrons. The topological polar surface area (TPSA) is 12.0 Å². The summed E-state index contributed by atoms with van der Waals surface area (Å²) in [6.07, 6.45) is -1.08. The summed E-state index contributed by atoms with van der Waals surface area (Å²) in [4.78, 5) is 0. The van der Waals surface area contributed by atoms with Gasteiger partial charge < -0.3 is 5.32 Å². The van der Waals surface area contributed by atoms with E-state index in [1.165, 1.54) is 36.1 Å². The molecule has 0 heterocycles. The first-order chi connectivity index (χ1) is 11.0. The fourth-order valence-corrected chi connectivity index (χ4v) is 2.69. The summed E-state index contributed by atoms with van der Waals surface area (Å²) >= 11 is 0. The smallest absolute Gasteiger partial charge is 0.312 e. The number of rotatable bonds is 6. The first-order valence-corrected chi connectivity index (χ1v) is 7.98. The second-order valence-corrected chi connectivity index (χ2v) is 6.14. The van der Waals surface area contributed by atoms with Gasteiger partial charge >= 0.3 is 6.18 Å². The van der Waals surface area contributed by atoms with E-state index >= 15 is 0 Å². The van der Waals surface area contributed by atoms with Gasteiger partial charge in [-0.2, -0.15) is 13.2 Å². The minimum atomic E-state index is -4.27. The molecular formula is C19H20F3N. The zero-order valence-electron chi connectivity index (χ0n) is 12.9. The van der Waals surface area contributed by atoms with Crippen molar-refractivity contribution in [2.24, 2.45) is 0 Å². The Morgan fingerprint density at radius 1 is 0.957 bits per heavy atom. The van der Waals surface area contributed by atoms with Gasteiger partial charge in [-0.15, -0.1) is 0 Å². The molecule has 1 nitrogen and oxygen atoms in total. The van der Waals surface area contributed by atoms with Gasteiger partial charge in [0.2, 0.25) is 0 Å². The first kappa shape index (κ1) is 16.1. The first-order valence-electron chi connectivity index (χ1n) is 7.98. The average Bonchev–Trinajstić information content (AvgIpc) is 3.37. The molecule has 1 fully saturated rings. The second-order valence-electron chi connectivity index (χ2n) is 6.14. The molecule has 1 N–H and O–H groups in total. The van der Waals surface area contributed by atoms with E-state index in [9.17, 15) is 13.2 Å². The van der Waals surface area contributed by atoms with Crippen molar-refractivity contribution < 1.29 is 13.2 Å². The summed E-state index contributed by atoms with van der Waals surface area (Å²) in [6.45, 7) is 1.40. The summed E-state index contributed by atoms with van der Waals surface area (Å²) in [6, 6.07) is 14.2. The molecule has 0 saturated heterocycles. The SMILES string of the molecule is FC(F)(F)c1cccc(CCNCc2ccc(C3CC3)cc2)c1. The molecule has 0 bridgehead atoms. The summed E-state index contributed by atoms with van der Waals surface area (Å²) in [5.41, 5.74) is 2.75. The van der Waals surface area contributed by atoms with E-state index in [0.717, 1.165) is 18.5 Å². The average molecular weight is 319 g/mol. The predicted molar refractivity (Wildman–Crippen MR) is 85.3 cm³/mol. The molecule has 0 spiro atoms. The number of hydrogen-bond donors (Lipinski definition) is 1. The van der Waals surface area contributed by atoms with Crippen LogP contribution in [0.4, 0.5) is 13.2 Å². The van der Waals surface area contributed by atoms with Crippen molar-refractivity contribution in [3.8, 4) is 0 Å². The molecule has 4 heteroatoms. The Labute approximate surface area is 134 Å². The van der Waals surface area contributed by atoms with Crippen LogP contribution in [0.1, 0.15) is 41.0 Å². The highest BCUT2D eigenvalue weighted by Crippen LogP contribution is 2.39. The van der Waals surface area contributed by atoms with Crippen LogP contribution in [0.3, 0.4) is 0 Å². The van der Waals surface area contributed by atoms with Gasteiger partial charge in [0, 0.05) is 6.54 Å². The van der Waals surface area contributed by atoms with Crippen molar-refractivity contribution in [2.45, 2.75) is 37.9 Å². The largest absolute Gasteiger partial charge is 0.416 e. The molecule has 23 heavy (non-hydrogen) atoms. The van der Waals surface area contributed by atoms with Crippen LogP contribution in [0, 0.1) is 0 Å². The fourth-order valence-electron chi connectivity index (χ4n) is 2.69. The maximum Gasteiger partial charge on any atom is 0.416 e. The van der Waals surface area contributed by atoms with Crippen LogP contribution in [-0.4, -0.2) is 6.54 Å². The summed E-state index contributed by atoms with van der Waals surface area (Å²) in [5, 5.41) is 3.29. The van der Waals surface area contributed by atoms with E-state index < -0.39 is 11.7 Å². The Bertz CT molecular complexity index is 642. The maximum absolute atomic E-state index is 12.7. The van der Waals surface area contributed by atoms with Crippen LogP contribution in [-0.2, 0) is 19.1 Å². The molecule has 0 atom stereocenters. The third-order valence-electron chi connectivity index (χ3n) is 4.20. The Balaban J connectivity index is 1.46. The molecule has 1 aliphatic rings. The van der Waals surface area contributed by atoms with Gasteiger partial charge in [0.05, 0.1) is 5.56 Å². The van der Waals surface area contributed by atoms with Gasteiger partial charge in [0.15, 0.2) is 0 Å². The third kappa shape index (κ3) is 4.58. The molecule has 3 rings (SSSR count). The number of hydrogen-bond acceptors (Lipinski definition) is 1. The van der Waals surface area contributed by atoms with Crippen molar-refractivity contribution in [2.75, 3.05) is 6.54 Å². The Hall–Kier alpha value is -1.81. The molecule has 0 aromatic heterocycles. The number of benzene rings is 2. The van der Waals surface area contributed by atoms with Crippen molar-refractivity contribution in [1.29, 1.82) is 0 Å². The monoisotopic (exact) mass is 319 g/mol. The molecule has 2 aromatic rings. The van der Waals surface area contributed by atoms with Gasteiger partial charge in [-0.3, -0.25) is 0 Å². The molecular weight excluding hydrogens is 299 g/mol. The minimum Gasteiger partial charge on any atom is -0.312 e. The summed E-state index contributed by atoms with van der Waals surface area (Å²) < 4.78 is 38.0. The van der Waals surface area contributed by atoms with E-state index in [0.29, 0.717) is 18.5 Å².